The Morgan fingerprint density at radius 3 is 2.33 bits per heavy atom. The minimum absolute atomic E-state index is 0.344. The lowest BCUT2D eigenvalue weighted by Crippen LogP contribution is -2.43. The number of carbonyl (C=O) groups excluding carboxylic acids is 1. The number of piperidine rings is 1. The number of carbonyl (C=O) groups is 2. The van der Waals surface area contributed by atoms with Crippen LogP contribution in [0, 0.1) is 5.92 Å². The Bertz CT molecular complexity index is 657. The molecule has 10 heteroatoms. The van der Waals surface area contributed by atoms with Gasteiger partial charge in [-0.3, -0.25) is 9.78 Å². The fourth-order valence-corrected chi connectivity index (χ4v) is 2.75. The number of amides is 1. The summed E-state index contributed by atoms with van der Waals surface area (Å²) < 4.78 is 31.7. The van der Waals surface area contributed by atoms with Crippen LogP contribution in [0.15, 0.2) is 18.3 Å². The van der Waals surface area contributed by atoms with Crippen molar-refractivity contribution in [3.63, 3.8) is 0 Å². The zero-order valence-corrected chi connectivity index (χ0v) is 14.7. The molecule has 1 aliphatic carbocycles. The van der Waals surface area contributed by atoms with E-state index < -0.39 is 18.1 Å². The van der Waals surface area contributed by atoms with Gasteiger partial charge in [-0.25, -0.2) is 4.79 Å². The summed E-state index contributed by atoms with van der Waals surface area (Å²) in [7, 11) is 0. The number of halogens is 3. The lowest BCUT2D eigenvalue weighted by molar-refractivity contribution is -0.192. The normalized spacial score (nSPS) is 17.8. The number of anilines is 1. The molecule has 0 radical (unpaired) electrons. The van der Waals surface area contributed by atoms with Gasteiger partial charge >= 0.3 is 12.1 Å². The third-order valence-electron chi connectivity index (χ3n) is 4.49. The second-order valence-corrected chi connectivity index (χ2v) is 6.68. The third kappa shape index (κ3) is 7.05. The highest BCUT2D eigenvalue weighted by molar-refractivity contribution is 5.91. The molecule has 2 heterocycles. The van der Waals surface area contributed by atoms with Crippen LogP contribution in [-0.2, 0) is 4.79 Å². The first-order valence-corrected chi connectivity index (χ1v) is 8.71. The van der Waals surface area contributed by atoms with E-state index in [2.05, 4.69) is 15.2 Å². The van der Waals surface area contributed by atoms with Crippen molar-refractivity contribution < 1.29 is 27.9 Å². The number of nitrogens with one attached hydrogen (secondary N) is 1. The van der Waals surface area contributed by atoms with Crippen molar-refractivity contribution in [3.8, 4) is 0 Å². The Kier molecular flexibility index (Phi) is 7.00. The van der Waals surface area contributed by atoms with Crippen LogP contribution in [-0.4, -0.2) is 53.8 Å². The third-order valence-corrected chi connectivity index (χ3v) is 4.49. The molecule has 0 atom stereocenters. The Hall–Kier alpha value is -2.36. The zero-order chi connectivity index (χ0) is 20.0. The van der Waals surface area contributed by atoms with Crippen LogP contribution in [0.4, 0.5) is 18.9 Å². The lowest BCUT2D eigenvalue weighted by Gasteiger charge is -2.34. The largest absolute Gasteiger partial charge is 0.490 e. The molecule has 2 fully saturated rings. The number of hydrogen-bond donors (Lipinski definition) is 3. The summed E-state index contributed by atoms with van der Waals surface area (Å²) in [6.07, 6.45) is 1.69. The van der Waals surface area contributed by atoms with Gasteiger partial charge in [-0.1, -0.05) is 0 Å². The molecule has 0 aromatic carbocycles. The van der Waals surface area contributed by atoms with E-state index in [-0.39, 0.29) is 0 Å². The second-order valence-electron chi connectivity index (χ2n) is 6.68. The Balaban J connectivity index is 0.000000321. The highest BCUT2D eigenvalue weighted by atomic mass is 19.4. The molecular weight excluding hydrogens is 365 g/mol. The quantitative estimate of drug-likeness (QED) is 0.710. The molecule has 1 aliphatic heterocycles. The molecule has 0 unspecified atom stereocenters. The van der Waals surface area contributed by atoms with Crippen LogP contribution in [0.3, 0.4) is 0 Å². The number of carboxylic acid groups (broad SMARTS) is 1. The number of primary amides is 1. The van der Waals surface area contributed by atoms with Crippen LogP contribution in [0.5, 0.6) is 0 Å². The molecule has 1 saturated carbocycles. The van der Waals surface area contributed by atoms with E-state index >= 15 is 0 Å². The van der Waals surface area contributed by atoms with Crippen molar-refractivity contribution in [1.29, 1.82) is 0 Å². The maximum atomic E-state index is 11.2. The van der Waals surface area contributed by atoms with Gasteiger partial charge in [0.1, 0.15) is 5.69 Å². The summed E-state index contributed by atoms with van der Waals surface area (Å²) in [5, 5.41) is 10.8. The molecule has 3 rings (SSSR count). The first-order chi connectivity index (χ1) is 12.7. The summed E-state index contributed by atoms with van der Waals surface area (Å²) in [5.74, 6) is -2.29. The van der Waals surface area contributed by atoms with Gasteiger partial charge in [0.15, 0.2) is 0 Å². The van der Waals surface area contributed by atoms with E-state index in [1.165, 1.54) is 19.4 Å². The summed E-state index contributed by atoms with van der Waals surface area (Å²) in [4.78, 5) is 26.4. The molecule has 27 heavy (non-hydrogen) atoms. The average molecular weight is 388 g/mol. The van der Waals surface area contributed by atoms with Crippen molar-refractivity contribution in [1.82, 2.24) is 10.3 Å². The number of aliphatic carboxylic acids is 1. The fourth-order valence-electron chi connectivity index (χ4n) is 2.75. The van der Waals surface area contributed by atoms with Crippen LogP contribution >= 0.6 is 0 Å². The van der Waals surface area contributed by atoms with Gasteiger partial charge in [-0.05, 0) is 50.3 Å². The van der Waals surface area contributed by atoms with E-state index in [0.29, 0.717) is 11.7 Å². The number of nitrogens with zero attached hydrogens (tertiary/aromatic N) is 2. The first-order valence-electron chi connectivity index (χ1n) is 8.71. The van der Waals surface area contributed by atoms with Gasteiger partial charge in [0, 0.05) is 31.0 Å². The standard InChI is InChI=1S/C15H22N4O.C2HF3O2/c16-15(20)14-9-13(3-6-17-14)19-7-4-12(5-8-19)18-10-11-1-2-11;3-2(4,5)1(6)7/h3,6,9,11-12,18H,1-2,4-5,7-8,10H2,(H2,16,20);(H,6,7). The number of nitrogens with two attached hydrogens (primary N) is 1. The molecule has 0 bridgehead atoms. The summed E-state index contributed by atoms with van der Waals surface area (Å²) in [5.41, 5.74) is 6.67. The van der Waals surface area contributed by atoms with Gasteiger partial charge in [-0.15, -0.1) is 0 Å². The van der Waals surface area contributed by atoms with Crippen molar-refractivity contribution in [2.24, 2.45) is 11.7 Å². The molecule has 1 amide bonds. The summed E-state index contributed by atoms with van der Waals surface area (Å²) in [6, 6.07) is 4.38. The molecule has 1 saturated heterocycles. The van der Waals surface area contributed by atoms with Gasteiger partial charge in [0.25, 0.3) is 5.91 Å². The monoisotopic (exact) mass is 388 g/mol. The van der Waals surface area contributed by atoms with Gasteiger partial charge in [0.2, 0.25) is 0 Å². The van der Waals surface area contributed by atoms with Crippen LogP contribution in [0.1, 0.15) is 36.2 Å². The van der Waals surface area contributed by atoms with Crippen LogP contribution in [0.25, 0.3) is 0 Å². The Labute approximate surface area is 154 Å². The van der Waals surface area contributed by atoms with Crippen LogP contribution in [0.2, 0.25) is 0 Å². The summed E-state index contributed by atoms with van der Waals surface area (Å²) >= 11 is 0. The Morgan fingerprint density at radius 1 is 1.26 bits per heavy atom. The van der Waals surface area contributed by atoms with Gasteiger partial charge in [0.05, 0.1) is 0 Å². The maximum Gasteiger partial charge on any atom is 0.490 e. The predicted octanol–water partition coefficient (Wildman–Crippen LogP) is 1.78. The van der Waals surface area contributed by atoms with Gasteiger partial charge in [-0.2, -0.15) is 13.2 Å². The minimum Gasteiger partial charge on any atom is -0.475 e. The maximum absolute atomic E-state index is 11.2. The van der Waals surface area contributed by atoms with Crippen molar-refractivity contribution in [2.75, 3.05) is 24.5 Å². The molecule has 150 valence electrons. The molecular formula is C17H23F3N4O3. The number of aromatic nitrogens is 1. The SMILES string of the molecule is NC(=O)c1cc(N2CCC(NCC3CC3)CC2)ccn1.O=C(O)C(F)(F)F. The highest BCUT2D eigenvalue weighted by Gasteiger charge is 2.38. The van der Waals surface area contributed by atoms with Crippen molar-refractivity contribution in [2.45, 2.75) is 37.9 Å². The number of hydrogen-bond acceptors (Lipinski definition) is 5. The van der Waals surface area contributed by atoms with Crippen molar-refractivity contribution in [3.05, 3.63) is 24.0 Å². The number of carboxylic acids is 1. The highest BCUT2D eigenvalue weighted by Crippen LogP contribution is 2.28. The fraction of sp³-hybridized carbons (Fsp3) is 0.588. The molecule has 1 aromatic rings. The van der Waals surface area contributed by atoms with Crippen molar-refractivity contribution >= 4 is 17.6 Å². The smallest absolute Gasteiger partial charge is 0.475 e. The molecule has 1 aromatic heterocycles. The molecule has 0 spiro atoms. The number of pyridine rings is 1. The minimum atomic E-state index is -5.08. The van der Waals surface area contributed by atoms with E-state index in [1.807, 2.05) is 6.07 Å². The van der Waals surface area contributed by atoms with E-state index in [1.54, 1.807) is 12.3 Å². The topological polar surface area (TPSA) is 109 Å². The van der Waals surface area contributed by atoms with E-state index in [9.17, 15) is 18.0 Å². The predicted molar refractivity (Wildman–Crippen MR) is 92.4 cm³/mol. The first kappa shape index (κ1) is 20.9. The summed E-state index contributed by atoms with van der Waals surface area (Å²) in [6.45, 7) is 3.22. The molecule has 7 nitrogen and oxygen atoms in total. The average Bonchev–Trinajstić information content (AvgIpc) is 3.45. The second kappa shape index (κ2) is 9.03. The Morgan fingerprint density at radius 2 is 1.85 bits per heavy atom. The lowest BCUT2D eigenvalue weighted by atomic mass is 10.0. The van der Waals surface area contributed by atoms with E-state index in [4.69, 9.17) is 15.6 Å². The molecule has 2 aliphatic rings. The number of alkyl halides is 3. The molecule has 4 N–H and O–H groups in total. The zero-order valence-electron chi connectivity index (χ0n) is 14.7. The van der Waals surface area contributed by atoms with Gasteiger partial charge < -0.3 is 21.1 Å². The van der Waals surface area contributed by atoms with E-state index in [0.717, 1.165) is 37.5 Å². The number of rotatable bonds is 5. The van der Waals surface area contributed by atoms with Crippen LogP contribution < -0.4 is 16.0 Å².